The van der Waals surface area contributed by atoms with Crippen molar-refractivity contribution in [1.29, 1.82) is 0 Å². The van der Waals surface area contributed by atoms with Gasteiger partial charge in [-0.3, -0.25) is 24.0 Å². The van der Waals surface area contributed by atoms with Gasteiger partial charge in [0.05, 0.1) is 35.9 Å². The summed E-state index contributed by atoms with van der Waals surface area (Å²) in [6.45, 7) is 2.09. The standard InChI is InChI=1S/C26H24O10.C21H23NO4/c1-35-17-5-2-4-14-20(17)26(34)22-21(24(14)32)25(33)15-10-12(8-9-13(15)23(22)31)16(27)11-36-19(30)7-3-6-18(28)29;1-13-20(23)19(10-11-25-13)22-21(24)26-12-18-16-8-4-2-6-14(16)15-7-3-5-9-17(15)18/h2,4-5,12,31,33H,3,6-11H2,1H3,(H,28,29);2-9,13,18-20,23H,10-12H2,1H3,(H,22,24). The number of phenolic OH excluding ortho intramolecular Hbond substituents is 2. The maximum Gasteiger partial charge on any atom is 0.407 e. The molecule has 4 aliphatic rings. The smallest absolute Gasteiger partial charge is 0.407 e. The van der Waals surface area contributed by atoms with Gasteiger partial charge in [0.15, 0.2) is 11.6 Å². The summed E-state index contributed by atoms with van der Waals surface area (Å²) in [5.41, 5.74) is 4.72. The van der Waals surface area contributed by atoms with E-state index < -0.39 is 65.5 Å². The van der Waals surface area contributed by atoms with Crippen molar-refractivity contribution in [2.45, 2.75) is 76.0 Å². The van der Waals surface area contributed by atoms with E-state index in [0.29, 0.717) is 18.6 Å². The van der Waals surface area contributed by atoms with Crippen molar-refractivity contribution in [3.8, 4) is 28.4 Å². The molecule has 4 atom stereocenters. The van der Waals surface area contributed by atoms with E-state index >= 15 is 0 Å². The summed E-state index contributed by atoms with van der Waals surface area (Å²) in [6.07, 6.45) is -0.721. The molecule has 4 unspecified atom stereocenters. The third-order valence-electron chi connectivity index (χ3n) is 12.0. The predicted molar refractivity (Wildman–Crippen MR) is 221 cm³/mol. The number of carbonyl (C=O) groups excluding carboxylic acids is 5. The van der Waals surface area contributed by atoms with Gasteiger partial charge in [0.25, 0.3) is 0 Å². The number of rotatable bonds is 11. The molecule has 0 aromatic heterocycles. The molecule has 0 saturated carbocycles. The van der Waals surface area contributed by atoms with Crippen LogP contribution in [0.3, 0.4) is 0 Å². The van der Waals surface area contributed by atoms with E-state index in [1.165, 1.54) is 41.5 Å². The van der Waals surface area contributed by atoms with E-state index in [0.717, 1.165) is 0 Å². The summed E-state index contributed by atoms with van der Waals surface area (Å²) in [4.78, 5) is 73.8. The topological polar surface area (TPSA) is 232 Å². The zero-order valence-corrected chi connectivity index (χ0v) is 34.2. The van der Waals surface area contributed by atoms with Crippen LogP contribution in [0.5, 0.6) is 17.2 Å². The maximum atomic E-state index is 13.3. The van der Waals surface area contributed by atoms with Crippen molar-refractivity contribution in [2.24, 2.45) is 5.92 Å². The number of aromatic hydroxyl groups is 2. The molecule has 5 N–H and O–H groups in total. The molecule has 4 aromatic carbocycles. The second-order valence-corrected chi connectivity index (χ2v) is 15.7. The van der Waals surface area contributed by atoms with Crippen molar-refractivity contribution in [1.82, 2.24) is 5.32 Å². The highest BCUT2D eigenvalue weighted by atomic mass is 16.6. The molecule has 1 saturated heterocycles. The van der Waals surface area contributed by atoms with Crippen LogP contribution in [0.25, 0.3) is 11.1 Å². The Morgan fingerprint density at radius 3 is 2.11 bits per heavy atom. The first-order valence-corrected chi connectivity index (χ1v) is 20.5. The van der Waals surface area contributed by atoms with Crippen LogP contribution in [-0.4, -0.2) is 101 Å². The van der Waals surface area contributed by atoms with E-state index in [4.69, 9.17) is 24.1 Å². The molecular weight excluding hydrogens is 803 g/mol. The number of carbonyl (C=O) groups is 6. The molecule has 1 aliphatic heterocycles. The number of carboxylic acid groups (broad SMARTS) is 1. The molecule has 3 aliphatic carbocycles. The Balaban J connectivity index is 0.000000196. The van der Waals surface area contributed by atoms with E-state index in [-0.39, 0.29) is 96.8 Å². The number of nitrogens with one attached hydrogen (secondary N) is 1. The Labute approximate surface area is 356 Å². The van der Waals surface area contributed by atoms with Crippen LogP contribution >= 0.6 is 0 Å². The van der Waals surface area contributed by atoms with Crippen LogP contribution < -0.4 is 10.1 Å². The number of ketones is 3. The Bertz CT molecular complexity index is 2400. The molecule has 0 spiro atoms. The number of phenols is 2. The monoisotopic (exact) mass is 849 g/mol. The molecule has 15 heteroatoms. The summed E-state index contributed by atoms with van der Waals surface area (Å²) >= 11 is 0. The van der Waals surface area contributed by atoms with Gasteiger partial charge in [-0.25, -0.2) is 4.79 Å². The Morgan fingerprint density at radius 1 is 0.790 bits per heavy atom. The number of Topliss-reactive ketones (excluding diaryl/α,β-unsaturated/α-hetero) is 1. The number of hydrogen-bond donors (Lipinski definition) is 5. The van der Waals surface area contributed by atoms with Crippen LogP contribution in [-0.2, 0) is 41.4 Å². The molecule has 324 valence electrons. The van der Waals surface area contributed by atoms with Gasteiger partial charge in [-0.05, 0) is 67.3 Å². The first-order valence-electron chi connectivity index (χ1n) is 20.5. The van der Waals surface area contributed by atoms with Gasteiger partial charge in [-0.1, -0.05) is 60.7 Å². The quantitative estimate of drug-likeness (QED) is 0.0826. The lowest BCUT2D eigenvalue weighted by atomic mass is 9.75. The molecule has 0 bridgehead atoms. The number of ether oxygens (including phenoxy) is 4. The highest BCUT2D eigenvalue weighted by Gasteiger charge is 2.41. The van der Waals surface area contributed by atoms with E-state index in [1.807, 2.05) is 24.3 Å². The minimum atomic E-state index is -1.03. The zero-order valence-electron chi connectivity index (χ0n) is 34.2. The van der Waals surface area contributed by atoms with Gasteiger partial charge in [0, 0.05) is 48.0 Å². The fourth-order valence-corrected chi connectivity index (χ4v) is 8.73. The normalized spacial score (nSPS) is 19.6. The van der Waals surface area contributed by atoms with Crippen molar-refractivity contribution in [3.05, 3.63) is 111 Å². The molecule has 1 heterocycles. The predicted octanol–water partition coefficient (Wildman–Crippen LogP) is 5.42. The van der Waals surface area contributed by atoms with Gasteiger partial charge >= 0.3 is 18.0 Å². The summed E-state index contributed by atoms with van der Waals surface area (Å²) in [5.74, 6) is -4.69. The number of esters is 1. The average molecular weight is 850 g/mol. The van der Waals surface area contributed by atoms with Gasteiger partial charge in [0.1, 0.15) is 36.6 Å². The molecule has 1 fully saturated rings. The van der Waals surface area contributed by atoms with Gasteiger partial charge in [-0.15, -0.1) is 0 Å². The van der Waals surface area contributed by atoms with E-state index in [1.54, 1.807) is 13.0 Å². The SMILES string of the molecule is CC1OCCC(NC(=O)OCC2c3ccccc3-c3ccccc32)C1O.COc1cccc2c1C(=O)c1c(O)c3c(c(O)c1C2=O)CC(C(=O)COC(=O)CCCC(=O)O)CC3. The summed E-state index contributed by atoms with van der Waals surface area (Å²) in [7, 11) is 1.36. The summed E-state index contributed by atoms with van der Waals surface area (Å²) < 4.78 is 21.1. The second-order valence-electron chi connectivity index (χ2n) is 15.7. The van der Waals surface area contributed by atoms with Gasteiger partial charge in [-0.2, -0.15) is 0 Å². The van der Waals surface area contributed by atoms with Crippen LogP contribution in [0, 0.1) is 5.92 Å². The Hall–Kier alpha value is -6.58. The molecule has 1 amide bonds. The fraction of sp³-hybridized carbons (Fsp3) is 0.362. The lowest BCUT2D eigenvalue weighted by Crippen LogP contribution is -2.52. The molecule has 0 radical (unpaired) electrons. The molecule has 15 nitrogen and oxygen atoms in total. The van der Waals surface area contributed by atoms with Gasteiger partial charge in [0.2, 0.25) is 5.78 Å². The summed E-state index contributed by atoms with van der Waals surface area (Å²) in [5, 5.41) is 43.6. The van der Waals surface area contributed by atoms with Crippen LogP contribution in [0.2, 0.25) is 0 Å². The first kappa shape index (κ1) is 43.5. The number of aliphatic hydroxyl groups excluding tert-OH is 1. The van der Waals surface area contributed by atoms with Crippen molar-refractivity contribution in [2.75, 3.05) is 26.9 Å². The number of benzene rings is 4. The second kappa shape index (κ2) is 18.6. The highest BCUT2D eigenvalue weighted by Crippen LogP contribution is 2.48. The number of fused-ring (bicyclic) bond motifs is 6. The number of methoxy groups -OCH3 is 1. The van der Waals surface area contributed by atoms with Crippen molar-refractivity contribution in [3.63, 3.8) is 0 Å². The fourth-order valence-electron chi connectivity index (χ4n) is 8.73. The minimum Gasteiger partial charge on any atom is -0.507 e. The number of carboxylic acids is 1. The Morgan fingerprint density at radius 2 is 1.44 bits per heavy atom. The largest absolute Gasteiger partial charge is 0.507 e. The lowest BCUT2D eigenvalue weighted by Gasteiger charge is -2.33. The number of aliphatic carboxylic acids is 1. The Kier molecular flexibility index (Phi) is 13.0. The highest BCUT2D eigenvalue weighted by molar-refractivity contribution is 6.31. The average Bonchev–Trinajstić information content (AvgIpc) is 3.59. The van der Waals surface area contributed by atoms with Crippen molar-refractivity contribution >= 4 is 35.4 Å². The van der Waals surface area contributed by atoms with Crippen molar-refractivity contribution < 1.29 is 68.1 Å². The van der Waals surface area contributed by atoms with Crippen LogP contribution in [0.15, 0.2) is 66.7 Å². The minimum absolute atomic E-state index is 0.0101. The number of alkyl carbamates (subject to hydrolysis) is 1. The van der Waals surface area contributed by atoms with Gasteiger partial charge < -0.3 is 44.7 Å². The lowest BCUT2D eigenvalue weighted by molar-refractivity contribution is -0.149. The number of hydrogen-bond acceptors (Lipinski definition) is 13. The number of amides is 1. The maximum absolute atomic E-state index is 13.3. The van der Waals surface area contributed by atoms with Crippen LogP contribution in [0.4, 0.5) is 4.79 Å². The zero-order chi connectivity index (χ0) is 44.2. The third-order valence-corrected chi connectivity index (χ3v) is 12.0. The molecular formula is C47H47NO14. The van der Waals surface area contributed by atoms with E-state index in [9.17, 15) is 44.1 Å². The van der Waals surface area contributed by atoms with E-state index in [2.05, 4.69) is 29.6 Å². The molecule has 8 rings (SSSR count). The summed E-state index contributed by atoms with van der Waals surface area (Å²) in [6, 6.07) is 20.6. The third kappa shape index (κ3) is 8.63. The number of aliphatic hydroxyl groups is 1. The molecule has 62 heavy (non-hydrogen) atoms. The first-order chi connectivity index (χ1) is 29.8. The molecule has 4 aromatic rings. The van der Waals surface area contributed by atoms with Crippen LogP contribution in [0.1, 0.15) is 99.0 Å².